The minimum Gasteiger partial charge on any atom is -0.303 e. The van der Waals surface area contributed by atoms with Crippen molar-refractivity contribution in [3.05, 3.63) is 0 Å². The largest absolute Gasteiger partial charge is 0.425 e. The summed E-state index contributed by atoms with van der Waals surface area (Å²) in [5.74, 6) is 0. The summed E-state index contributed by atoms with van der Waals surface area (Å²) in [6.45, 7) is 0.314. The highest BCUT2D eigenvalue weighted by Crippen LogP contribution is 2.82. The van der Waals surface area contributed by atoms with Crippen molar-refractivity contribution in [1.82, 2.24) is 0 Å². The van der Waals surface area contributed by atoms with E-state index >= 15 is 0 Å². The van der Waals surface area contributed by atoms with E-state index in [0.29, 0.717) is 0 Å². The van der Waals surface area contributed by atoms with E-state index in [1.165, 1.54) is 13.5 Å². The van der Waals surface area contributed by atoms with Gasteiger partial charge in [0.2, 0.25) is 0 Å². The summed E-state index contributed by atoms with van der Waals surface area (Å²) < 4.78 is 156. The lowest BCUT2D eigenvalue weighted by Gasteiger charge is -2.16. The Labute approximate surface area is 152 Å². The maximum Gasteiger partial charge on any atom is 0.425 e. The lowest BCUT2D eigenvalue weighted by atomic mass is 10.9. The second-order valence-electron chi connectivity index (χ2n) is 4.14. The molecule has 0 aromatic heterocycles. The fourth-order valence-electron chi connectivity index (χ4n) is 1.33. The molecule has 1 rings (SSSR count). The Morgan fingerprint density at radius 2 is 0.750 bits per heavy atom. The molecule has 1 heterocycles. The van der Waals surface area contributed by atoms with Crippen LogP contribution >= 0.6 is 46.8 Å². The Kier molecular flexibility index (Phi) is 8.55. The van der Waals surface area contributed by atoms with E-state index in [4.69, 9.17) is 0 Å². The van der Waals surface area contributed by atoms with Crippen molar-refractivity contribution < 1.29 is 51.0 Å². The van der Waals surface area contributed by atoms with Crippen molar-refractivity contribution in [3.63, 3.8) is 0 Å². The fraction of sp³-hybridized carbons (Fsp3) is 1.00. The standard InChI is InChI=1S/C4H10F10N6O2P6/c1-3-21-27(13)18-25(9,10)16-23(5,6)15-24(7,8)17-26(11,12)19-28(14,20-27)22-4-2/h3-4H2,1-2H3. The van der Waals surface area contributed by atoms with Crippen LogP contribution in [0.4, 0.5) is 42.0 Å². The maximum absolute atomic E-state index is 14.6. The predicted octanol–water partition coefficient (Wildman–Crippen LogP) is 11.4. The highest BCUT2D eigenvalue weighted by atomic mass is 31.3. The first kappa shape index (κ1) is 26.6. The lowest BCUT2D eigenvalue weighted by molar-refractivity contribution is 0.337. The number of nitrogens with zero attached hydrogens (tertiary/aromatic N) is 6. The third kappa shape index (κ3) is 8.76. The number of hydrogen-bond acceptors (Lipinski definition) is 8. The maximum atomic E-state index is 14.6. The van der Waals surface area contributed by atoms with Crippen molar-refractivity contribution in [3.8, 4) is 0 Å². The molecule has 2 unspecified atom stereocenters. The Morgan fingerprint density at radius 1 is 0.464 bits per heavy atom. The molecule has 0 N–H and O–H groups in total. The molecule has 168 valence electrons. The van der Waals surface area contributed by atoms with Gasteiger partial charge in [0.05, 0.1) is 13.2 Å². The highest BCUT2D eigenvalue weighted by molar-refractivity contribution is 7.78. The summed E-state index contributed by atoms with van der Waals surface area (Å²) in [6.07, 6.45) is 0. The number of halogens is 10. The van der Waals surface area contributed by atoms with Crippen LogP contribution < -0.4 is 0 Å². The van der Waals surface area contributed by atoms with Gasteiger partial charge in [-0.1, -0.05) is 0 Å². The van der Waals surface area contributed by atoms with E-state index in [0.717, 1.165) is 13.8 Å². The van der Waals surface area contributed by atoms with Gasteiger partial charge in [-0.25, -0.2) is 0 Å². The highest BCUT2D eigenvalue weighted by Gasteiger charge is 2.40. The van der Waals surface area contributed by atoms with E-state index in [9.17, 15) is 42.0 Å². The average Bonchev–Trinajstić information content (AvgIpc) is 2.29. The van der Waals surface area contributed by atoms with Crippen LogP contribution in [0.25, 0.3) is 0 Å². The van der Waals surface area contributed by atoms with E-state index in [2.05, 4.69) is 13.6 Å². The molecule has 0 aliphatic carbocycles. The van der Waals surface area contributed by atoms with Crippen LogP contribution in [0.5, 0.6) is 0 Å². The van der Waals surface area contributed by atoms with E-state index in [-0.39, 0.29) is 0 Å². The molecule has 0 spiro atoms. The minimum atomic E-state index is -6.97. The lowest BCUT2D eigenvalue weighted by Crippen LogP contribution is -1.86. The Hall–Kier alpha value is 0.600. The van der Waals surface area contributed by atoms with Crippen molar-refractivity contribution in [2.45, 2.75) is 13.8 Å². The predicted molar refractivity (Wildman–Crippen MR) is 90.4 cm³/mol. The Bertz CT molecular complexity index is 917. The molecule has 1 aliphatic heterocycles. The van der Waals surface area contributed by atoms with Crippen LogP contribution in [0.2, 0.25) is 0 Å². The third-order valence-corrected chi connectivity index (χ3v) is 13.5. The second kappa shape index (κ2) is 8.99. The Morgan fingerprint density at radius 3 is 1.11 bits per heavy atom. The molecule has 28 heavy (non-hydrogen) atoms. The van der Waals surface area contributed by atoms with Crippen molar-refractivity contribution in [1.29, 1.82) is 0 Å². The van der Waals surface area contributed by atoms with Crippen molar-refractivity contribution >= 4 is 46.8 Å². The molecule has 0 fully saturated rings. The fourth-order valence-corrected chi connectivity index (χ4v) is 11.9. The molecule has 0 saturated heterocycles. The molecule has 1 aliphatic rings. The van der Waals surface area contributed by atoms with Crippen molar-refractivity contribution in [2.24, 2.45) is 27.1 Å². The average molecular weight is 550 g/mol. The minimum absolute atomic E-state index is 0.821. The van der Waals surface area contributed by atoms with Crippen LogP contribution in [0.1, 0.15) is 13.8 Å². The molecular formula is C4H10F10N6O2P6. The summed E-state index contributed by atoms with van der Waals surface area (Å²) in [4.78, 5) is 0. The quantitative estimate of drug-likeness (QED) is 0.257. The summed E-state index contributed by atoms with van der Waals surface area (Å²) in [5.41, 5.74) is 0. The van der Waals surface area contributed by atoms with Gasteiger partial charge < -0.3 is 9.05 Å². The molecule has 2 atom stereocenters. The van der Waals surface area contributed by atoms with Gasteiger partial charge in [0.1, 0.15) is 0 Å². The molecule has 0 aromatic carbocycles. The zero-order chi connectivity index (χ0) is 22.1. The van der Waals surface area contributed by atoms with Gasteiger partial charge in [-0.15, -0.1) is 60.7 Å². The van der Waals surface area contributed by atoms with E-state index < -0.39 is 60.0 Å². The number of hydrogen-bond donors (Lipinski definition) is 0. The summed E-state index contributed by atoms with van der Waals surface area (Å²) >= 11 is 0. The SMILES string of the molecule is CCOP1(F)=NP(F)(F)=NP(F)(F)=NP(F)(F)=NP(F)(F)=NP(F)(OCC)=N1. The summed E-state index contributed by atoms with van der Waals surface area (Å²) in [7, 11) is -39.4. The van der Waals surface area contributed by atoms with Gasteiger partial charge in [-0.2, -0.15) is 8.39 Å². The van der Waals surface area contributed by atoms with Crippen LogP contribution in [0.3, 0.4) is 0 Å². The first-order valence-corrected chi connectivity index (χ1v) is 15.4. The molecule has 0 saturated carbocycles. The molecular weight excluding hydrogens is 540 g/mol. The zero-order valence-electron chi connectivity index (χ0n) is 13.4. The Balaban J connectivity index is 4.18. The normalized spacial score (nSPS) is 33.9. The topological polar surface area (TPSA) is 92.6 Å². The van der Waals surface area contributed by atoms with E-state index in [1.54, 1.807) is 0 Å². The second-order valence-corrected chi connectivity index (χ2v) is 14.5. The van der Waals surface area contributed by atoms with Gasteiger partial charge in [-0.05, 0) is 13.8 Å². The van der Waals surface area contributed by atoms with Crippen LogP contribution in [-0.4, -0.2) is 13.2 Å². The van der Waals surface area contributed by atoms with E-state index in [1.807, 2.05) is 9.03 Å². The molecule has 0 bridgehead atoms. The van der Waals surface area contributed by atoms with Crippen LogP contribution in [0, 0.1) is 0 Å². The molecule has 0 radical (unpaired) electrons. The summed E-state index contributed by atoms with van der Waals surface area (Å²) in [6, 6.07) is 0. The van der Waals surface area contributed by atoms with Crippen molar-refractivity contribution in [2.75, 3.05) is 13.2 Å². The van der Waals surface area contributed by atoms with Gasteiger partial charge in [0.15, 0.2) is 0 Å². The van der Waals surface area contributed by atoms with Gasteiger partial charge in [0.25, 0.3) is 0 Å². The van der Waals surface area contributed by atoms with Gasteiger partial charge in [0, 0.05) is 0 Å². The first-order chi connectivity index (χ1) is 12.4. The van der Waals surface area contributed by atoms with Gasteiger partial charge in [-0.3, -0.25) is 0 Å². The zero-order valence-corrected chi connectivity index (χ0v) is 18.7. The van der Waals surface area contributed by atoms with Crippen LogP contribution in [0.15, 0.2) is 27.1 Å². The molecule has 0 amide bonds. The number of rotatable bonds is 4. The van der Waals surface area contributed by atoms with Gasteiger partial charge >= 0.3 is 46.8 Å². The molecule has 8 nitrogen and oxygen atoms in total. The van der Waals surface area contributed by atoms with Crippen LogP contribution in [-0.2, 0) is 9.05 Å². The smallest absolute Gasteiger partial charge is 0.303 e. The monoisotopic (exact) mass is 550 g/mol. The third-order valence-electron chi connectivity index (χ3n) is 1.89. The summed E-state index contributed by atoms with van der Waals surface area (Å²) in [5, 5.41) is 0. The molecule has 0 aromatic rings. The molecule has 24 heteroatoms. The first-order valence-electron chi connectivity index (χ1n) is 6.45.